The van der Waals surface area contributed by atoms with Gasteiger partial charge in [-0.3, -0.25) is 4.90 Å². The molecule has 0 aromatic rings. The highest BCUT2D eigenvalue weighted by Crippen LogP contribution is 2.32. The molecule has 2 rings (SSSR count). The van der Waals surface area contributed by atoms with Crippen LogP contribution in [-0.2, 0) is 4.74 Å². The first-order chi connectivity index (χ1) is 10.2. The topological polar surface area (TPSA) is 24.5 Å². The highest BCUT2D eigenvalue weighted by atomic mass is 16.5. The molecular formula is C18H34N2O. The first-order valence-corrected chi connectivity index (χ1v) is 8.97. The zero-order valence-electron chi connectivity index (χ0n) is 14.3. The van der Waals surface area contributed by atoms with Gasteiger partial charge in [-0.2, -0.15) is 0 Å². The van der Waals surface area contributed by atoms with Gasteiger partial charge in [0.25, 0.3) is 0 Å². The van der Waals surface area contributed by atoms with Crippen molar-refractivity contribution in [3.8, 4) is 0 Å². The number of nitrogens with one attached hydrogen (secondary N) is 1. The number of ether oxygens (including phenoxy) is 1. The molecule has 122 valence electrons. The van der Waals surface area contributed by atoms with Crippen molar-refractivity contribution in [2.45, 2.75) is 70.9 Å². The van der Waals surface area contributed by atoms with E-state index in [0.29, 0.717) is 6.04 Å². The highest BCUT2D eigenvalue weighted by Gasteiger charge is 2.40. The minimum absolute atomic E-state index is 0.204. The number of likely N-dealkylation sites (N-methyl/N-ethyl adjacent to an activating group) is 1. The largest absolute Gasteiger partial charge is 0.379 e. The van der Waals surface area contributed by atoms with Crippen LogP contribution >= 0.6 is 0 Å². The van der Waals surface area contributed by atoms with Crippen LogP contribution in [0, 0.1) is 0 Å². The quantitative estimate of drug-likeness (QED) is 0.760. The summed E-state index contributed by atoms with van der Waals surface area (Å²) in [5.41, 5.74) is 1.86. The first kappa shape index (κ1) is 17.0. The normalized spacial score (nSPS) is 25.8. The van der Waals surface area contributed by atoms with Crippen LogP contribution in [-0.4, -0.2) is 49.3 Å². The van der Waals surface area contributed by atoms with Gasteiger partial charge in [-0.15, -0.1) is 0 Å². The van der Waals surface area contributed by atoms with Crippen molar-refractivity contribution in [1.29, 1.82) is 0 Å². The van der Waals surface area contributed by atoms with Gasteiger partial charge in [0, 0.05) is 24.7 Å². The summed E-state index contributed by atoms with van der Waals surface area (Å²) in [5, 5.41) is 3.82. The summed E-state index contributed by atoms with van der Waals surface area (Å²) in [6, 6.07) is 0.490. The van der Waals surface area contributed by atoms with E-state index >= 15 is 0 Å². The molecule has 1 N–H and O–H groups in total. The summed E-state index contributed by atoms with van der Waals surface area (Å²) in [6.45, 7) is 12.0. The lowest BCUT2D eigenvalue weighted by Gasteiger charge is -2.49. The third-order valence-electron chi connectivity index (χ3n) is 5.43. The fraction of sp³-hybridized carbons (Fsp3) is 0.889. The Balaban J connectivity index is 2.21. The highest BCUT2D eigenvalue weighted by molar-refractivity contribution is 5.20. The molecule has 3 nitrogen and oxygen atoms in total. The van der Waals surface area contributed by atoms with Gasteiger partial charge in [0.1, 0.15) is 0 Å². The Bertz CT molecular complexity index is 336. The van der Waals surface area contributed by atoms with Crippen molar-refractivity contribution in [3.05, 3.63) is 11.6 Å². The summed E-state index contributed by atoms with van der Waals surface area (Å²) < 4.78 is 5.57. The SMILES string of the molecule is CCNC(C1=CCCCCC1)C(C)(CC)N1CCOCC1. The van der Waals surface area contributed by atoms with Crippen LogP contribution in [0.15, 0.2) is 11.6 Å². The van der Waals surface area contributed by atoms with Gasteiger partial charge in [0.15, 0.2) is 0 Å². The number of rotatable bonds is 6. The molecule has 1 saturated heterocycles. The lowest BCUT2D eigenvalue weighted by molar-refractivity contribution is -0.0277. The molecule has 0 radical (unpaired) electrons. The van der Waals surface area contributed by atoms with Crippen molar-refractivity contribution in [3.63, 3.8) is 0 Å². The molecule has 0 aromatic heterocycles. The molecule has 0 spiro atoms. The van der Waals surface area contributed by atoms with Gasteiger partial charge in [-0.25, -0.2) is 0 Å². The zero-order valence-corrected chi connectivity index (χ0v) is 14.3. The fourth-order valence-corrected chi connectivity index (χ4v) is 3.94. The molecule has 2 aliphatic rings. The number of hydrogen-bond donors (Lipinski definition) is 1. The molecule has 1 aliphatic carbocycles. The molecule has 1 heterocycles. The van der Waals surface area contributed by atoms with E-state index in [0.717, 1.165) is 32.8 Å². The summed E-state index contributed by atoms with van der Waals surface area (Å²) in [4.78, 5) is 2.66. The maximum atomic E-state index is 5.57. The molecule has 2 atom stereocenters. The second-order valence-electron chi connectivity index (χ2n) is 6.68. The van der Waals surface area contributed by atoms with Crippen LogP contribution in [0.1, 0.15) is 59.3 Å². The van der Waals surface area contributed by atoms with Gasteiger partial charge in [0.05, 0.1) is 13.2 Å². The van der Waals surface area contributed by atoms with Gasteiger partial charge < -0.3 is 10.1 Å². The summed E-state index contributed by atoms with van der Waals surface area (Å²) in [7, 11) is 0. The number of nitrogens with zero attached hydrogens (tertiary/aromatic N) is 1. The average molecular weight is 294 g/mol. The number of hydrogen-bond acceptors (Lipinski definition) is 3. The van der Waals surface area contributed by atoms with Gasteiger partial charge in [0.2, 0.25) is 0 Å². The van der Waals surface area contributed by atoms with Gasteiger partial charge in [-0.1, -0.05) is 31.9 Å². The van der Waals surface area contributed by atoms with Crippen molar-refractivity contribution in [2.75, 3.05) is 32.8 Å². The summed E-state index contributed by atoms with van der Waals surface area (Å²) in [6.07, 6.45) is 10.4. The van der Waals surface area contributed by atoms with Gasteiger partial charge >= 0.3 is 0 Å². The van der Waals surface area contributed by atoms with Crippen LogP contribution in [0.25, 0.3) is 0 Å². The molecule has 0 bridgehead atoms. The summed E-state index contributed by atoms with van der Waals surface area (Å²) >= 11 is 0. The zero-order chi connectivity index (χ0) is 15.1. The van der Waals surface area contributed by atoms with Crippen LogP contribution in [0.4, 0.5) is 0 Å². The maximum absolute atomic E-state index is 5.57. The average Bonchev–Trinajstić information content (AvgIpc) is 2.82. The van der Waals surface area contributed by atoms with E-state index < -0.39 is 0 Å². The third-order valence-corrected chi connectivity index (χ3v) is 5.43. The number of allylic oxidation sites excluding steroid dienone is 1. The fourth-order valence-electron chi connectivity index (χ4n) is 3.94. The maximum Gasteiger partial charge on any atom is 0.0594 e. The molecule has 21 heavy (non-hydrogen) atoms. The minimum Gasteiger partial charge on any atom is -0.379 e. The predicted molar refractivity (Wildman–Crippen MR) is 89.7 cm³/mol. The Morgan fingerprint density at radius 1 is 1.24 bits per heavy atom. The smallest absolute Gasteiger partial charge is 0.0594 e. The van der Waals surface area contributed by atoms with E-state index in [4.69, 9.17) is 4.74 Å². The van der Waals surface area contributed by atoms with Crippen molar-refractivity contribution in [2.24, 2.45) is 0 Å². The first-order valence-electron chi connectivity index (χ1n) is 8.97. The Morgan fingerprint density at radius 2 is 2.00 bits per heavy atom. The van der Waals surface area contributed by atoms with Crippen LogP contribution in [0.3, 0.4) is 0 Å². The Kier molecular flexibility index (Phi) is 6.72. The second kappa shape index (κ2) is 8.30. The monoisotopic (exact) mass is 294 g/mol. The van der Waals surface area contributed by atoms with Crippen LogP contribution < -0.4 is 5.32 Å². The molecule has 3 heteroatoms. The molecule has 0 aromatic carbocycles. The second-order valence-corrected chi connectivity index (χ2v) is 6.68. The molecule has 2 unspecified atom stereocenters. The predicted octanol–water partition coefficient (Wildman–Crippen LogP) is 3.36. The Hall–Kier alpha value is -0.380. The van der Waals surface area contributed by atoms with Gasteiger partial charge in [-0.05, 0) is 45.6 Å². The number of morpholine rings is 1. The van der Waals surface area contributed by atoms with E-state index in [1.54, 1.807) is 5.57 Å². The summed E-state index contributed by atoms with van der Waals surface area (Å²) in [5.74, 6) is 0. The molecule has 1 aliphatic heterocycles. The van der Waals surface area contributed by atoms with E-state index in [1.807, 2.05) is 0 Å². The van der Waals surface area contributed by atoms with E-state index in [-0.39, 0.29) is 5.54 Å². The van der Waals surface area contributed by atoms with E-state index in [1.165, 1.54) is 38.5 Å². The van der Waals surface area contributed by atoms with Crippen LogP contribution in [0.5, 0.6) is 0 Å². The van der Waals surface area contributed by atoms with Crippen molar-refractivity contribution >= 4 is 0 Å². The lowest BCUT2D eigenvalue weighted by atomic mass is 9.80. The Morgan fingerprint density at radius 3 is 2.67 bits per heavy atom. The molecule has 0 amide bonds. The minimum atomic E-state index is 0.204. The third kappa shape index (κ3) is 4.08. The van der Waals surface area contributed by atoms with E-state index in [9.17, 15) is 0 Å². The Labute approximate surface area is 131 Å². The van der Waals surface area contributed by atoms with Crippen LogP contribution in [0.2, 0.25) is 0 Å². The molecular weight excluding hydrogens is 260 g/mol. The molecule has 0 saturated carbocycles. The lowest BCUT2D eigenvalue weighted by Crippen LogP contribution is -2.62. The van der Waals surface area contributed by atoms with Crippen molar-refractivity contribution < 1.29 is 4.74 Å². The molecule has 1 fully saturated rings. The standard InChI is InChI=1S/C18H34N2O/c1-4-18(3,20-12-14-21-15-13-20)17(19-5-2)16-10-8-6-7-9-11-16/h10,17,19H,4-9,11-15H2,1-3H3. The van der Waals surface area contributed by atoms with E-state index in [2.05, 4.69) is 37.1 Å². The van der Waals surface area contributed by atoms with Crippen molar-refractivity contribution in [1.82, 2.24) is 10.2 Å².